The highest BCUT2D eigenvalue weighted by Crippen LogP contribution is 2.14. The Morgan fingerprint density at radius 3 is 2.79 bits per heavy atom. The number of nitrogens with zero attached hydrogens (tertiary/aromatic N) is 5. The minimum atomic E-state index is 0.576. The lowest BCUT2D eigenvalue weighted by atomic mass is 10.1. The van der Waals surface area contributed by atoms with Gasteiger partial charge in [-0.15, -0.1) is 5.10 Å². The van der Waals surface area contributed by atoms with Gasteiger partial charge in [-0.3, -0.25) is 0 Å². The lowest BCUT2D eigenvalue weighted by molar-refractivity contribution is 0.270. The molecule has 0 spiro atoms. The van der Waals surface area contributed by atoms with Crippen molar-refractivity contribution >= 4 is 23.4 Å². The Bertz CT molecular complexity index is 657. The van der Waals surface area contributed by atoms with Crippen LogP contribution >= 0.6 is 11.6 Å². The van der Waals surface area contributed by atoms with Gasteiger partial charge < -0.3 is 15.1 Å². The fraction of sp³-hybridized carbons (Fsp3) is 0.471. The molecule has 1 aliphatic rings. The Balaban J connectivity index is 1.53. The van der Waals surface area contributed by atoms with Crippen LogP contribution in [0.4, 0.5) is 11.8 Å². The molecule has 1 aromatic heterocycles. The molecule has 0 saturated carbocycles. The third-order valence-corrected chi connectivity index (χ3v) is 4.51. The van der Waals surface area contributed by atoms with Crippen molar-refractivity contribution in [1.82, 2.24) is 20.1 Å². The maximum atomic E-state index is 6.00. The predicted octanol–water partition coefficient (Wildman–Crippen LogP) is 2.32. The van der Waals surface area contributed by atoms with Crippen molar-refractivity contribution in [1.29, 1.82) is 0 Å². The molecule has 3 rings (SSSR count). The smallest absolute Gasteiger partial charge is 0.244 e. The van der Waals surface area contributed by atoms with E-state index in [4.69, 9.17) is 11.6 Å². The van der Waals surface area contributed by atoms with Crippen molar-refractivity contribution in [2.45, 2.75) is 13.3 Å². The van der Waals surface area contributed by atoms with Gasteiger partial charge in [-0.05, 0) is 30.7 Å². The standard InChI is InChI=1S/C17H23ClN6/c1-2-23-8-10-24(11-9-23)16-13-20-22-17(21-16)19-7-6-14-4-3-5-15(18)12-14/h3-5,12-13H,2,6-11H2,1H3,(H,19,21,22). The second kappa shape index (κ2) is 8.26. The zero-order chi connectivity index (χ0) is 16.8. The van der Waals surface area contributed by atoms with Crippen LogP contribution in [0.3, 0.4) is 0 Å². The molecule has 0 radical (unpaired) electrons. The molecule has 0 aliphatic carbocycles. The van der Waals surface area contributed by atoms with Gasteiger partial charge in [0.2, 0.25) is 5.95 Å². The van der Waals surface area contributed by atoms with Crippen molar-refractivity contribution in [3.63, 3.8) is 0 Å². The van der Waals surface area contributed by atoms with E-state index in [1.165, 1.54) is 5.56 Å². The van der Waals surface area contributed by atoms with E-state index in [9.17, 15) is 0 Å². The van der Waals surface area contributed by atoms with E-state index < -0.39 is 0 Å². The van der Waals surface area contributed by atoms with E-state index >= 15 is 0 Å². The predicted molar refractivity (Wildman–Crippen MR) is 97.8 cm³/mol. The van der Waals surface area contributed by atoms with Gasteiger partial charge in [-0.1, -0.05) is 30.7 Å². The summed E-state index contributed by atoms with van der Waals surface area (Å²) in [6.07, 6.45) is 2.60. The number of rotatable bonds is 6. The van der Waals surface area contributed by atoms with E-state index in [0.29, 0.717) is 5.95 Å². The van der Waals surface area contributed by atoms with Gasteiger partial charge in [0, 0.05) is 37.7 Å². The van der Waals surface area contributed by atoms with Gasteiger partial charge in [0.15, 0.2) is 5.82 Å². The molecule has 1 fully saturated rings. The number of benzene rings is 1. The summed E-state index contributed by atoms with van der Waals surface area (Å²) in [4.78, 5) is 9.30. The number of halogens is 1. The van der Waals surface area contributed by atoms with Crippen molar-refractivity contribution in [2.24, 2.45) is 0 Å². The summed E-state index contributed by atoms with van der Waals surface area (Å²) in [7, 11) is 0. The number of nitrogens with one attached hydrogen (secondary N) is 1. The highest BCUT2D eigenvalue weighted by atomic mass is 35.5. The molecular weight excluding hydrogens is 324 g/mol. The molecule has 0 atom stereocenters. The highest BCUT2D eigenvalue weighted by Gasteiger charge is 2.17. The molecule has 2 heterocycles. The summed E-state index contributed by atoms with van der Waals surface area (Å²) in [5.41, 5.74) is 1.19. The van der Waals surface area contributed by atoms with Gasteiger partial charge in [0.25, 0.3) is 0 Å². The Morgan fingerprint density at radius 1 is 1.21 bits per heavy atom. The second-order valence-electron chi connectivity index (χ2n) is 5.87. The normalized spacial score (nSPS) is 15.5. The number of piperazine rings is 1. The van der Waals surface area contributed by atoms with Crippen LogP contribution in [0.1, 0.15) is 12.5 Å². The lowest BCUT2D eigenvalue weighted by Crippen LogP contribution is -2.46. The molecule has 0 bridgehead atoms. The van der Waals surface area contributed by atoms with Crippen LogP contribution in [-0.4, -0.2) is 59.3 Å². The summed E-state index contributed by atoms with van der Waals surface area (Å²) in [5.74, 6) is 1.47. The van der Waals surface area contributed by atoms with Crippen molar-refractivity contribution < 1.29 is 0 Å². The number of hydrogen-bond donors (Lipinski definition) is 1. The Hall–Kier alpha value is -1.92. The van der Waals surface area contributed by atoms with Crippen LogP contribution in [0, 0.1) is 0 Å². The average Bonchev–Trinajstić information content (AvgIpc) is 2.62. The number of hydrogen-bond acceptors (Lipinski definition) is 6. The van der Waals surface area contributed by atoms with Crippen LogP contribution < -0.4 is 10.2 Å². The molecule has 24 heavy (non-hydrogen) atoms. The molecule has 1 aromatic carbocycles. The maximum Gasteiger partial charge on any atom is 0.244 e. The highest BCUT2D eigenvalue weighted by molar-refractivity contribution is 6.30. The first-order chi connectivity index (χ1) is 11.7. The van der Waals surface area contributed by atoms with Gasteiger partial charge >= 0.3 is 0 Å². The first-order valence-corrected chi connectivity index (χ1v) is 8.77. The minimum absolute atomic E-state index is 0.576. The topological polar surface area (TPSA) is 57.2 Å². The first kappa shape index (κ1) is 16.9. The summed E-state index contributed by atoms with van der Waals surface area (Å²) in [6, 6.07) is 7.89. The van der Waals surface area contributed by atoms with E-state index in [-0.39, 0.29) is 0 Å². The van der Waals surface area contributed by atoms with Crippen molar-refractivity contribution in [2.75, 3.05) is 49.5 Å². The minimum Gasteiger partial charge on any atom is -0.353 e. The van der Waals surface area contributed by atoms with Crippen LogP contribution in [0.15, 0.2) is 30.5 Å². The third kappa shape index (κ3) is 4.55. The molecule has 1 N–H and O–H groups in total. The molecule has 0 unspecified atom stereocenters. The van der Waals surface area contributed by atoms with Crippen LogP contribution in [0.5, 0.6) is 0 Å². The Labute approximate surface area is 147 Å². The number of aromatic nitrogens is 3. The van der Waals surface area contributed by atoms with Crippen molar-refractivity contribution in [3.8, 4) is 0 Å². The van der Waals surface area contributed by atoms with Crippen LogP contribution in [-0.2, 0) is 6.42 Å². The van der Waals surface area contributed by atoms with Gasteiger partial charge in [0.05, 0.1) is 6.20 Å². The van der Waals surface area contributed by atoms with Gasteiger partial charge in [-0.2, -0.15) is 10.1 Å². The zero-order valence-electron chi connectivity index (χ0n) is 14.0. The first-order valence-electron chi connectivity index (χ1n) is 8.40. The molecular formula is C17H23ClN6. The molecule has 6 nitrogen and oxygen atoms in total. The number of anilines is 2. The van der Waals surface area contributed by atoms with Gasteiger partial charge in [-0.25, -0.2) is 0 Å². The van der Waals surface area contributed by atoms with E-state index in [0.717, 1.165) is 56.5 Å². The monoisotopic (exact) mass is 346 g/mol. The summed E-state index contributed by atoms with van der Waals surface area (Å²) >= 11 is 6.00. The van der Waals surface area contributed by atoms with Gasteiger partial charge in [0.1, 0.15) is 0 Å². The molecule has 0 amide bonds. The summed E-state index contributed by atoms with van der Waals surface area (Å²) in [6.45, 7) is 8.14. The van der Waals surface area contributed by atoms with E-state index in [1.807, 2.05) is 18.2 Å². The maximum absolute atomic E-state index is 6.00. The quantitative estimate of drug-likeness (QED) is 0.866. The summed E-state index contributed by atoms with van der Waals surface area (Å²) < 4.78 is 0. The van der Waals surface area contributed by atoms with Crippen molar-refractivity contribution in [3.05, 3.63) is 41.0 Å². The van der Waals surface area contributed by atoms with Crippen LogP contribution in [0.2, 0.25) is 5.02 Å². The second-order valence-corrected chi connectivity index (χ2v) is 6.30. The average molecular weight is 347 g/mol. The SMILES string of the molecule is CCN1CCN(c2cnnc(NCCc3cccc(Cl)c3)n2)CC1. The third-order valence-electron chi connectivity index (χ3n) is 4.28. The molecule has 2 aromatic rings. The lowest BCUT2D eigenvalue weighted by Gasteiger charge is -2.34. The largest absolute Gasteiger partial charge is 0.353 e. The number of likely N-dealkylation sites (N-methyl/N-ethyl adjacent to an activating group) is 1. The van der Waals surface area contributed by atoms with Crippen LogP contribution in [0.25, 0.3) is 0 Å². The molecule has 1 aliphatic heterocycles. The fourth-order valence-corrected chi connectivity index (χ4v) is 3.04. The Morgan fingerprint density at radius 2 is 2.04 bits per heavy atom. The molecule has 128 valence electrons. The van der Waals surface area contributed by atoms with E-state index in [1.54, 1.807) is 6.20 Å². The Kier molecular flexibility index (Phi) is 5.82. The summed E-state index contributed by atoms with van der Waals surface area (Å²) in [5, 5.41) is 12.2. The molecule has 7 heteroatoms. The zero-order valence-corrected chi connectivity index (χ0v) is 14.7. The molecule has 1 saturated heterocycles. The van der Waals surface area contributed by atoms with E-state index in [2.05, 4.69) is 43.3 Å². The fourth-order valence-electron chi connectivity index (χ4n) is 2.83.